The van der Waals surface area contributed by atoms with Crippen LogP contribution in [0, 0.1) is 6.92 Å². The summed E-state index contributed by atoms with van der Waals surface area (Å²) in [5, 5.41) is 12.8. The Hall–Kier alpha value is -2.67. The van der Waals surface area contributed by atoms with Crippen molar-refractivity contribution in [2.24, 2.45) is 0 Å². The van der Waals surface area contributed by atoms with Crippen molar-refractivity contribution in [3.05, 3.63) is 47.4 Å². The van der Waals surface area contributed by atoms with E-state index in [4.69, 9.17) is 4.74 Å². The van der Waals surface area contributed by atoms with Crippen LogP contribution in [-0.4, -0.2) is 53.3 Å². The van der Waals surface area contributed by atoms with Gasteiger partial charge in [-0.25, -0.2) is 9.97 Å². The molecule has 3 rings (SSSR count). The molecule has 1 aliphatic rings. The standard InChI is InChI=1S/C20H26N4O3/c1-4-14-8-15(5-6-18(14)25)20(26)21-10-16-9-17(27-3)11-24(16)19-7-13(2)22-12-23-19/h5-8,12,16-17,25H,4,9-11H2,1-3H3,(H,21,26)/t16-,17-/m0/s1. The third-order valence-corrected chi connectivity index (χ3v) is 5.01. The molecule has 144 valence electrons. The highest BCUT2D eigenvalue weighted by Gasteiger charge is 2.33. The van der Waals surface area contributed by atoms with Crippen molar-refractivity contribution in [3.8, 4) is 5.75 Å². The van der Waals surface area contributed by atoms with Gasteiger partial charge < -0.3 is 20.1 Å². The van der Waals surface area contributed by atoms with Gasteiger partial charge in [0.05, 0.1) is 12.1 Å². The molecule has 0 spiro atoms. The molecule has 0 radical (unpaired) electrons. The lowest BCUT2D eigenvalue weighted by atomic mass is 10.1. The number of phenolic OH excluding ortho intramolecular Hbond substituents is 1. The third kappa shape index (κ3) is 4.36. The number of rotatable bonds is 6. The van der Waals surface area contributed by atoms with Crippen LogP contribution >= 0.6 is 0 Å². The molecule has 7 heteroatoms. The van der Waals surface area contributed by atoms with Gasteiger partial charge in [-0.15, -0.1) is 0 Å². The zero-order chi connectivity index (χ0) is 19.4. The van der Waals surface area contributed by atoms with Gasteiger partial charge >= 0.3 is 0 Å². The lowest BCUT2D eigenvalue weighted by Gasteiger charge is -2.25. The summed E-state index contributed by atoms with van der Waals surface area (Å²) in [5.41, 5.74) is 2.22. The second-order valence-electron chi connectivity index (χ2n) is 6.82. The van der Waals surface area contributed by atoms with Gasteiger partial charge in [-0.3, -0.25) is 4.79 Å². The number of benzene rings is 1. The van der Waals surface area contributed by atoms with Crippen LogP contribution in [0.2, 0.25) is 0 Å². The van der Waals surface area contributed by atoms with E-state index in [1.54, 1.807) is 31.6 Å². The Kier molecular flexibility index (Phi) is 5.91. The molecular weight excluding hydrogens is 344 g/mol. The molecule has 1 amide bonds. The first-order valence-electron chi connectivity index (χ1n) is 9.20. The maximum absolute atomic E-state index is 12.6. The Morgan fingerprint density at radius 2 is 2.19 bits per heavy atom. The van der Waals surface area contributed by atoms with Gasteiger partial charge in [0.15, 0.2) is 0 Å². The maximum Gasteiger partial charge on any atom is 0.251 e. The molecule has 1 fully saturated rings. The monoisotopic (exact) mass is 370 g/mol. The topological polar surface area (TPSA) is 87.6 Å². The summed E-state index contributed by atoms with van der Waals surface area (Å²) in [6.07, 6.45) is 3.15. The second kappa shape index (κ2) is 8.35. The van der Waals surface area contributed by atoms with Gasteiger partial charge in [0.2, 0.25) is 0 Å². The number of nitrogens with zero attached hydrogens (tertiary/aromatic N) is 3. The Bertz CT molecular complexity index is 812. The predicted octanol–water partition coefficient (Wildman–Crippen LogP) is 2.08. The smallest absolute Gasteiger partial charge is 0.251 e. The van der Waals surface area contributed by atoms with Gasteiger partial charge in [0, 0.05) is 37.5 Å². The van der Waals surface area contributed by atoms with Crippen LogP contribution in [0.25, 0.3) is 0 Å². The first-order valence-corrected chi connectivity index (χ1v) is 9.20. The number of amides is 1. The minimum atomic E-state index is -0.149. The molecule has 1 saturated heterocycles. The Morgan fingerprint density at radius 1 is 1.37 bits per heavy atom. The SMILES string of the molecule is CCc1cc(C(=O)NC[C@@H]2C[C@H](OC)CN2c2cc(C)ncn2)ccc1O. The number of nitrogens with one attached hydrogen (secondary N) is 1. The van der Waals surface area contributed by atoms with Crippen LogP contribution in [-0.2, 0) is 11.2 Å². The Balaban J connectivity index is 1.70. The highest BCUT2D eigenvalue weighted by molar-refractivity contribution is 5.94. The zero-order valence-electron chi connectivity index (χ0n) is 16.0. The lowest BCUT2D eigenvalue weighted by Crippen LogP contribution is -2.40. The molecule has 7 nitrogen and oxygen atoms in total. The fourth-order valence-corrected chi connectivity index (χ4v) is 3.44. The third-order valence-electron chi connectivity index (χ3n) is 5.01. The molecule has 2 N–H and O–H groups in total. The number of carbonyl (C=O) groups is 1. The highest BCUT2D eigenvalue weighted by Crippen LogP contribution is 2.25. The van der Waals surface area contributed by atoms with Gasteiger partial charge in [0.1, 0.15) is 17.9 Å². The summed E-state index contributed by atoms with van der Waals surface area (Å²) in [6.45, 7) is 5.10. The maximum atomic E-state index is 12.6. The number of phenols is 1. The molecule has 1 aromatic carbocycles. The number of hydrogen-bond donors (Lipinski definition) is 2. The normalized spacial score (nSPS) is 19.3. The number of hydrogen-bond acceptors (Lipinski definition) is 6. The molecule has 27 heavy (non-hydrogen) atoms. The molecule has 1 aliphatic heterocycles. The molecule has 2 heterocycles. The average Bonchev–Trinajstić information content (AvgIpc) is 3.10. The number of methoxy groups -OCH3 is 1. The van der Waals surface area contributed by atoms with Gasteiger partial charge in [-0.2, -0.15) is 0 Å². The predicted molar refractivity (Wildman–Crippen MR) is 103 cm³/mol. The number of aromatic hydroxyl groups is 1. The van der Waals surface area contributed by atoms with Crippen molar-refractivity contribution in [2.75, 3.05) is 25.1 Å². The van der Waals surface area contributed by atoms with E-state index in [-0.39, 0.29) is 23.8 Å². The van der Waals surface area contributed by atoms with Gasteiger partial charge in [-0.05, 0) is 43.5 Å². The van der Waals surface area contributed by atoms with E-state index in [0.29, 0.717) is 18.5 Å². The largest absolute Gasteiger partial charge is 0.508 e. The molecule has 0 aliphatic carbocycles. The van der Waals surface area contributed by atoms with Gasteiger partial charge in [-0.1, -0.05) is 6.92 Å². The van der Waals surface area contributed by atoms with Crippen LogP contribution in [0.5, 0.6) is 5.75 Å². The fourth-order valence-electron chi connectivity index (χ4n) is 3.44. The summed E-state index contributed by atoms with van der Waals surface area (Å²) < 4.78 is 5.53. The number of aromatic nitrogens is 2. The van der Waals surface area contributed by atoms with E-state index in [2.05, 4.69) is 20.2 Å². The van der Waals surface area contributed by atoms with Crippen molar-refractivity contribution in [1.82, 2.24) is 15.3 Å². The van der Waals surface area contributed by atoms with Crippen LogP contribution in [0.3, 0.4) is 0 Å². The molecule has 1 aromatic heterocycles. The summed E-state index contributed by atoms with van der Waals surface area (Å²) in [4.78, 5) is 23.3. The van der Waals surface area contributed by atoms with Crippen LogP contribution < -0.4 is 10.2 Å². The first-order chi connectivity index (χ1) is 13.0. The van der Waals surface area contributed by atoms with Crippen molar-refractivity contribution in [3.63, 3.8) is 0 Å². The number of aryl methyl sites for hydroxylation is 2. The van der Waals surface area contributed by atoms with Crippen molar-refractivity contribution in [1.29, 1.82) is 0 Å². The highest BCUT2D eigenvalue weighted by atomic mass is 16.5. The molecule has 2 atom stereocenters. The molecule has 2 aromatic rings. The van der Waals surface area contributed by atoms with E-state index < -0.39 is 0 Å². The van der Waals surface area contributed by atoms with Crippen molar-refractivity contribution >= 4 is 11.7 Å². The van der Waals surface area contributed by atoms with Crippen LogP contribution in [0.4, 0.5) is 5.82 Å². The number of anilines is 1. The summed E-state index contributed by atoms with van der Waals surface area (Å²) in [5.74, 6) is 0.918. The fraction of sp³-hybridized carbons (Fsp3) is 0.450. The second-order valence-corrected chi connectivity index (χ2v) is 6.82. The minimum absolute atomic E-state index is 0.0935. The van der Waals surface area contributed by atoms with E-state index in [9.17, 15) is 9.90 Å². The molecular formula is C20H26N4O3. The Morgan fingerprint density at radius 3 is 2.89 bits per heavy atom. The van der Waals surface area contributed by atoms with Crippen molar-refractivity contribution in [2.45, 2.75) is 38.8 Å². The summed E-state index contributed by atoms with van der Waals surface area (Å²) in [6, 6.07) is 6.99. The van der Waals surface area contributed by atoms with E-state index in [1.165, 1.54) is 0 Å². The van der Waals surface area contributed by atoms with E-state index in [1.807, 2.05) is 19.9 Å². The lowest BCUT2D eigenvalue weighted by molar-refractivity contribution is 0.0946. The van der Waals surface area contributed by atoms with E-state index in [0.717, 1.165) is 30.0 Å². The zero-order valence-corrected chi connectivity index (χ0v) is 16.0. The summed E-state index contributed by atoms with van der Waals surface area (Å²) >= 11 is 0. The minimum Gasteiger partial charge on any atom is -0.508 e. The average molecular weight is 370 g/mol. The Labute approximate surface area is 159 Å². The van der Waals surface area contributed by atoms with E-state index >= 15 is 0 Å². The number of carbonyl (C=O) groups excluding carboxylic acids is 1. The van der Waals surface area contributed by atoms with Gasteiger partial charge in [0.25, 0.3) is 5.91 Å². The summed E-state index contributed by atoms with van der Waals surface area (Å²) in [7, 11) is 1.71. The van der Waals surface area contributed by atoms with Crippen LogP contribution in [0.1, 0.15) is 35.0 Å². The molecule has 0 bridgehead atoms. The first kappa shape index (κ1) is 19.1. The number of ether oxygens (including phenoxy) is 1. The van der Waals surface area contributed by atoms with Crippen molar-refractivity contribution < 1.29 is 14.6 Å². The molecule has 0 unspecified atom stereocenters. The molecule has 0 saturated carbocycles. The van der Waals surface area contributed by atoms with Crippen LogP contribution in [0.15, 0.2) is 30.6 Å². The quantitative estimate of drug-likeness (QED) is 0.809.